The summed E-state index contributed by atoms with van der Waals surface area (Å²) in [5.74, 6) is -2.39. The number of hydrogen-bond donors (Lipinski definition) is 2. The smallest absolute Gasteiger partial charge is 0.408 e. The molecule has 0 radical (unpaired) electrons. The zero-order valence-corrected chi connectivity index (χ0v) is 14.5. The summed E-state index contributed by atoms with van der Waals surface area (Å²) in [5, 5.41) is 11.5. The number of carbonyl (C=O) groups is 2. The fraction of sp³-hybridized carbons (Fsp3) is 0.222. The van der Waals surface area contributed by atoms with Crippen LogP contribution in [0, 0.1) is 11.6 Å². The number of carbonyl (C=O) groups excluding carboxylic acids is 1. The molecule has 5 nitrogen and oxygen atoms in total. The van der Waals surface area contributed by atoms with Crippen molar-refractivity contribution >= 4 is 23.8 Å². The van der Waals surface area contributed by atoms with E-state index in [9.17, 15) is 23.5 Å². The lowest BCUT2D eigenvalue weighted by Crippen LogP contribution is -2.42. The number of aliphatic carboxylic acids is 1. The first-order valence-corrected chi connectivity index (χ1v) is 8.82. The summed E-state index contributed by atoms with van der Waals surface area (Å²) in [4.78, 5) is 23.0. The summed E-state index contributed by atoms with van der Waals surface area (Å²) in [6.07, 6.45) is -0.848. The van der Waals surface area contributed by atoms with E-state index in [0.717, 1.165) is 23.4 Å². The van der Waals surface area contributed by atoms with E-state index < -0.39 is 29.7 Å². The Hall–Kier alpha value is -2.61. The molecule has 2 rings (SSSR count). The molecule has 0 aliphatic heterocycles. The van der Waals surface area contributed by atoms with Gasteiger partial charge in [-0.2, -0.15) is 11.8 Å². The van der Waals surface area contributed by atoms with E-state index >= 15 is 0 Å². The fourth-order valence-corrected chi connectivity index (χ4v) is 3.05. The second-order valence-electron chi connectivity index (χ2n) is 5.39. The van der Waals surface area contributed by atoms with Gasteiger partial charge in [0.05, 0.1) is 0 Å². The van der Waals surface area contributed by atoms with E-state index in [4.69, 9.17) is 4.74 Å². The number of hydrogen-bond acceptors (Lipinski definition) is 4. The SMILES string of the molecule is O=C(NC(CSCc1cc(F)cc(F)c1)C(=O)O)OCc1ccccc1. The molecule has 0 aliphatic rings. The van der Waals surface area contributed by atoms with Gasteiger partial charge in [0.15, 0.2) is 0 Å². The third-order valence-corrected chi connectivity index (χ3v) is 4.39. The molecule has 2 aromatic rings. The first-order chi connectivity index (χ1) is 12.4. The van der Waals surface area contributed by atoms with Crippen molar-refractivity contribution < 1.29 is 28.2 Å². The summed E-state index contributed by atoms with van der Waals surface area (Å²) < 4.78 is 31.2. The van der Waals surface area contributed by atoms with Crippen molar-refractivity contribution in [3.63, 3.8) is 0 Å². The number of halogens is 2. The number of thioether (sulfide) groups is 1. The van der Waals surface area contributed by atoms with E-state index in [-0.39, 0.29) is 18.1 Å². The van der Waals surface area contributed by atoms with Crippen molar-refractivity contribution in [1.29, 1.82) is 0 Å². The first-order valence-electron chi connectivity index (χ1n) is 7.67. The maximum Gasteiger partial charge on any atom is 0.408 e. The zero-order chi connectivity index (χ0) is 18.9. The van der Waals surface area contributed by atoms with Crippen LogP contribution in [0.5, 0.6) is 0 Å². The Bertz CT molecular complexity index is 738. The average molecular weight is 381 g/mol. The van der Waals surface area contributed by atoms with Gasteiger partial charge in [-0.25, -0.2) is 18.4 Å². The van der Waals surface area contributed by atoms with Crippen LogP contribution in [0.25, 0.3) is 0 Å². The van der Waals surface area contributed by atoms with Crippen LogP contribution in [0.4, 0.5) is 13.6 Å². The van der Waals surface area contributed by atoms with Crippen molar-refractivity contribution in [2.24, 2.45) is 0 Å². The van der Waals surface area contributed by atoms with E-state index in [2.05, 4.69) is 5.32 Å². The molecule has 0 spiro atoms. The monoisotopic (exact) mass is 381 g/mol. The quantitative estimate of drug-likeness (QED) is 0.731. The van der Waals surface area contributed by atoms with Crippen molar-refractivity contribution in [3.8, 4) is 0 Å². The molecular formula is C18H17F2NO4S. The lowest BCUT2D eigenvalue weighted by molar-refractivity contribution is -0.138. The maximum absolute atomic E-state index is 13.1. The molecule has 0 saturated heterocycles. The van der Waals surface area contributed by atoms with Gasteiger partial charge in [-0.3, -0.25) is 0 Å². The number of rotatable bonds is 8. The highest BCUT2D eigenvalue weighted by Crippen LogP contribution is 2.16. The molecule has 2 aromatic carbocycles. The minimum atomic E-state index is -1.22. The van der Waals surface area contributed by atoms with Crippen molar-refractivity contribution in [2.75, 3.05) is 5.75 Å². The zero-order valence-electron chi connectivity index (χ0n) is 13.7. The number of alkyl carbamates (subject to hydrolysis) is 1. The highest BCUT2D eigenvalue weighted by molar-refractivity contribution is 7.98. The summed E-state index contributed by atoms with van der Waals surface area (Å²) in [6.45, 7) is 0.0225. The second kappa shape index (κ2) is 9.76. The van der Waals surface area contributed by atoms with Crippen LogP contribution in [0.2, 0.25) is 0 Å². The van der Waals surface area contributed by atoms with Crippen molar-refractivity contribution in [2.45, 2.75) is 18.4 Å². The molecule has 138 valence electrons. The summed E-state index contributed by atoms with van der Waals surface area (Å²) in [5.41, 5.74) is 1.17. The molecule has 8 heteroatoms. The third kappa shape index (κ3) is 6.72. The van der Waals surface area contributed by atoms with Gasteiger partial charge in [0.2, 0.25) is 0 Å². The molecule has 26 heavy (non-hydrogen) atoms. The molecule has 0 aromatic heterocycles. The number of carboxylic acids is 1. The minimum Gasteiger partial charge on any atom is -0.480 e. The lowest BCUT2D eigenvalue weighted by atomic mass is 10.2. The van der Waals surface area contributed by atoms with Crippen LogP contribution in [0.1, 0.15) is 11.1 Å². The Morgan fingerprint density at radius 1 is 1.08 bits per heavy atom. The van der Waals surface area contributed by atoms with Gasteiger partial charge in [-0.15, -0.1) is 0 Å². The Morgan fingerprint density at radius 3 is 2.35 bits per heavy atom. The van der Waals surface area contributed by atoms with Crippen LogP contribution in [0.3, 0.4) is 0 Å². The summed E-state index contributed by atoms with van der Waals surface area (Å²) in [6, 6.07) is 10.9. The Balaban J connectivity index is 1.80. The standard InChI is InChI=1S/C18H17F2NO4S/c19-14-6-13(7-15(20)8-14)10-26-11-16(17(22)23)21-18(24)25-9-12-4-2-1-3-5-12/h1-8,16H,9-11H2,(H,21,24)(H,22,23). The van der Waals surface area contributed by atoms with Gasteiger partial charge in [-0.1, -0.05) is 30.3 Å². The second-order valence-corrected chi connectivity index (χ2v) is 6.42. The third-order valence-electron chi connectivity index (χ3n) is 3.28. The van der Waals surface area contributed by atoms with Crippen LogP contribution in [-0.4, -0.2) is 29.0 Å². The Labute approximate surface area is 153 Å². The largest absolute Gasteiger partial charge is 0.480 e. The Kier molecular flexibility index (Phi) is 7.40. The normalized spacial score (nSPS) is 11.6. The van der Waals surface area contributed by atoms with Gasteiger partial charge in [0.25, 0.3) is 0 Å². The highest BCUT2D eigenvalue weighted by Gasteiger charge is 2.20. The van der Waals surface area contributed by atoms with Crippen molar-refractivity contribution in [3.05, 3.63) is 71.3 Å². The van der Waals surface area contributed by atoms with Crippen LogP contribution in [-0.2, 0) is 21.9 Å². The van der Waals surface area contributed by atoms with Gasteiger partial charge in [0.1, 0.15) is 24.3 Å². The molecule has 1 atom stereocenters. The highest BCUT2D eigenvalue weighted by atomic mass is 32.2. The van der Waals surface area contributed by atoms with Crippen LogP contribution in [0.15, 0.2) is 48.5 Å². The van der Waals surface area contributed by atoms with E-state index in [0.29, 0.717) is 5.56 Å². The topological polar surface area (TPSA) is 75.6 Å². The number of carboxylic acid groups (broad SMARTS) is 1. The molecule has 0 fully saturated rings. The van der Waals surface area contributed by atoms with Gasteiger partial charge >= 0.3 is 12.1 Å². The van der Waals surface area contributed by atoms with Crippen LogP contribution >= 0.6 is 11.8 Å². The molecule has 2 N–H and O–H groups in total. The van der Waals surface area contributed by atoms with E-state index in [1.165, 1.54) is 12.1 Å². The van der Waals surface area contributed by atoms with Gasteiger partial charge < -0.3 is 15.2 Å². The minimum absolute atomic E-state index is 0.0217. The molecule has 0 saturated carbocycles. The molecule has 1 unspecified atom stereocenters. The lowest BCUT2D eigenvalue weighted by Gasteiger charge is -2.14. The Morgan fingerprint density at radius 2 is 1.73 bits per heavy atom. The number of benzene rings is 2. The maximum atomic E-state index is 13.1. The predicted octanol–water partition coefficient (Wildman–Crippen LogP) is 3.58. The number of nitrogens with one attached hydrogen (secondary N) is 1. The predicted molar refractivity (Wildman–Crippen MR) is 93.7 cm³/mol. The van der Waals surface area contributed by atoms with Crippen LogP contribution < -0.4 is 5.32 Å². The molecule has 0 bridgehead atoms. The van der Waals surface area contributed by atoms with E-state index in [1.54, 1.807) is 24.3 Å². The number of ether oxygens (including phenoxy) is 1. The van der Waals surface area contributed by atoms with Gasteiger partial charge in [-0.05, 0) is 23.3 Å². The number of amides is 1. The first kappa shape index (κ1) is 19.7. The summed E-state index contributed by atoms with van der Waals surface area (Å²) >= 11 is 1.13. The summed E-state index contributed by atoms with van der Waals surface area (Å²) in [7, 11) is 0. The molecule has 0 heterocycles. The van der Waals surface area contributed by atoms with E-state index in [1.807, 2.05) is 6.07 Å². The average Bonchev–Trinajstić information content (AvgIpc) is 2.59. The van der Waals surface area contributed by atoms with Gasteiger partial charge in [0, 0.05) is 17.6 Å². The molecule has 1 amide bonds. The van der Waals surface area contributed by atoms with Crippen molar-refractivity contribution in [1.82, 2.24) is 5.32 Å². The molecule has 0 aliphatic carbocycles. The molecular weight excluding hydrogens is 364 g/mol. The fourth-order valence-electron chi connectivity index (χ4n) is 2.07.